The van der Waals surface area contributed by atoms with E-state index in [0.717, 1.165) is 0 Å². The summed E-state index contributed by atoms with van der Waals surface area (Å²) >= 11 is 1.71. The molecule has 0 bridgehead atoms. The molecule has 0 spiro atoms. The monoisotopic (exact) mass is 376 g/mol. The Morgan fingerprint density at radius 2 is 1.07 bits per heavy atom. The van der Waals surface area contributed by atoms with Gasteiger partial charge in [-0.2, -0.15) is 0 Å². The van der Waals surface area contributed by atoms with E-state index in [1.165, 1.54) is 0 Å². The molecule has 0 N–H and O–H groups in total. The molecule has 0 fully saturated rings. The fraction of sp³-hybridized carbons (Fsp3) is 0.818. The third kappa shape index (κ3) is 3.62. The maximum atomic E-state index is 11.8. The normalized spacial score (nSPS) is 13.2. The molecule has 0 atom stereocenters. The van der Waals surface area contributed by atoms with Crippen LogP contribution in [0.5, 0.6) is 0 Å². The summed E-state index contributed by atoms with van der Waals surface area (Å²) in [5.74, 6) is 0.0508. The number of carbonyl (C=O) groups excluding carboxylic acids is 2. The average molecular weight is 375 g/mol. The van der Waals surface area contributed by atoms with E-state index < -0.39 is 15.3 Å². The van der Waals surface area contributed by atoms with E-state index in [0.29, 0.717) is 0 Å². The molecule has 0 aromatic heterocycles. The molecule has 0 saturated carbocycles. The van der Waals surface area contributed by atoms with Crippen LogP contribution in [0.25, 0.3) is 0 Å². The number of ketones is 2. The molecule has 0 heterocycles. The molecule has 0 radical (unpaired) electrons. The second kappa shape index (κ2) is 4.24. The van der Waals surface area contributed by atoms with Crippen molar-refractivity contribution in [3.05, 3.63) is 0 Å². The van der Waals surface area contributed by atoms with E-state index >= 15 is 0 Å². The van der Waals surface area contributed by atoms with Crippen LogP contribution in [0.2, 0.25) is 4.43 Å². The molecular formula is C11H19IrO2. The Morgan fingerprint density at radius 3 is 1.21 bits per heavy atom. The van der Waals surface area contributed by atoms with Gasteiger partial charge in [0, 0.05) is 0 Å². The number of hydrogen-bond donors (Lipinski definition) is 0. The SMILES string of the molecule is CC(C)(C)C(=O)[CH]([Ir])C(=O)C(C)(C)C. The molecule has 3 heteroatoms. The minimum atomic E-state index is -0.491. The van der Waals surface area contributed by atoms with E-state index in [9.17, 15) is 9.59 Å². The predicted octanol–water partition coefficient (Wildman–Crippen LogP) is 2.55. The quantitative estimate of drug-likeness (QED) is 0.695. The second-order valence-electron chi connectivity index (χ2n) is 5.57. The predicted molar refractivity (Wildman–Crippen MR) is 52.7 cm³/mol. The zero-order valence-electron chi connectivity index (χ0n) is 9.73. The van der Waals surface area contributed by atoms with Crippen molar-refractivity contribution >= 4 is 11.6 Å². The molecule has 0 aromatic rings. The fourth-order valence-corrected chi connectivity index (χ4v) is 2.91. The molecule has 0 aromatic carbocycles. The Labute approximate surface area is 97.0 Å². The summed E-state index contributed by atoms with van der Waals surface area (Å²) in [5, 5.41) is 0. The topological polar surface area (TPSA) is 34.1 Å². The zero-order valence-corrected chi connectivity index (χ0v) is 12.1. The van der Waals surface area contributed by atoms with Gasteiger partial charge in [-0.3, -0.25) is 0 Å². The molecule has 0 aliphatic rings. The molecule has 0 unspecified atom stereocenters. The molecule has 0 rings (SSSR count). The first-order valence-corrected chi connectivity index (χ1v) is 6.06. The summed E-state index contributed by atoms with van der Waals surface area (Å²) in [6, 6.07) is 0. The summed E-state index contributed by atoms with van der Waals surface area (Å²) in [6.45, 7) is 11.1. The standard InChI is InChI=1S/C11H19O2.Ir/c1-10(2,3)8(12)7-9(13)11(4,5)6;/h7H,1-6H3;. The van der Waals surface area contributed by atoms with Gasteiger partial charge in [0.1, 0.15) is 0 Å². The summed E-state index contributed by atoms with van der Waals surface area (Å²) < 4.78 is -0.491. The van der Waals surface area contributed by atoms with E-state index in [-0.39, 0.29) is 11.6 Å². The fourth-order valence-electron chi connectivity index (χ4n) is 0.841. The van der Waals surface area contributed by atoms with Crippen LogP contribution in [0.4, 0.5) is 0 Å². The van der Waals surface area contributed by atoms with Gasteiger partial charge in [-0.25, -0.2) is 0 Å². The van der Waals surface area contributed by atoms with Crippen LogP contribution in [0.15, 0.2) is 0 Å². The van der Waals surface area contributed by atoms with Crippen LogP contribution < -0.4 is 0 Å². The Kier molecular flexibility index (Phi) is 4.23. The third-order valence-electron chi connectivity index (χ3n) is 1.92. The van der Waals surface area contributed by atoms with Crippen molar-refractivity contribution in [1.29, 1.82) is 0 Å². The average Bonchev–Trinajstić information content (AvgIpc) is 1.97. The Morgan fingerprint density at radius 1 is 0.857 bits per heavy atom. The van der Waals surface area contributed by atoms with Gasteiger partial charge in [-0.1, -0.05) is 0 Å². The number of carbonyl (C=O) groups is 2. The van der Waals surface area contributed by atoms with Crippen LogP contribution in [0, 0.1) is 10.8 Å². The first kappa shape index (κ1) is 14.0. The molecule has 0 aliphatic carbocycles. The van der Waals surface area contributed by atoms with Gasteiger partial charge >= 0.3 is 96.9 Å². The number of rotatable bonds is 2. The van der Waals surface area contributed by atoms with Crippen LogP contribution in [0.3, 0.4) is 0 Å². The summed E-state index contributed by atoms with van der Waals surface area (Å²) in [4.78, 5) is 23.7. The van der Waals surface area contributed by atoms with Gasteiger partial charge in [-0.05, 0) is 0 Å². The van der Waals surface area contributed by atoms with E-state index in [4.69, 9.17) is 0 Å². The summed E-state index contributed by atoms with van der Waals surface area (Å²) in [6.07, 6.45) is 0. The van der Waals surface area contributed by atoms with Gasteiger partial charge in [0.25, 0.3) is 0 Å². The van der Waals surface area contributed by atoms with Crippen LogP contribution in [0.1, 0.15) is 41.5 Å². The van der Waals surface area contributed by atoms with Crippen molar-refractivity contribution in [2.75, 3.05) is 0 Å². The first-order chi connectivity index (χ1) is 5.98. The summed E-state index contributed by atoms with van der Waals surface area (Å²) in [5.41, 5.74) is -0.860. The van der Waals surface area contributed by atoms with Crippen LogP contribution in [-0.4, -0.2) is 11.6 Å². The molecule has 14 heavy (non-hydrogen) atoms. The van der Waals surface area contributed by atoms with E-state index in [1.54, 1.807) is 18.9 Å². The molecule has 0 aliphatic heterocycles. The van der Waals surface area contributed by atoms with Gasteiger partial charge in [0.05, 0.1) is 0 Å². The van der Waals surface area contributed by atoms with Crippen molar-refractivity contribution in [3.63, 3.8) is 0 Å². The maximum absolute atomic E-state index is 11.8. The Hall–Kier alpha value is -0.0106. The van der Waals surface area contributed by atoms with E-state index in [2.05, 4.69) is 0 Å². The molecule has 84 valence electrons. The van der Waals surface area contributed by atoms with Crippen molar-refractivity contribution in [2.45, 2.75) is 46.0 Å². The third-order valence-corrected chi connectivity index (χ3v) is 3.17. The van der Waals surface area contributed by atoms with Crippen molar-refractivity contribution in [3.8, 4) is 0 Å². The zero-order chi connectivity index (χ0) is 11.7. The van der Waals surface area contributed by atoms with E-state index in [1.807, 2.05) is 41.5 Å². The molecule has 2 nitrogen and oxygen atoms in total. The number of Topliss-reactive ketones (excluding diaryl/α,β-unsaturated/α-hetero) is 2. The second-order valence-corrected chi connectivity index (χ2v) is 6.95. The van der Waals surface area contributed by atoms with Crippen LogP contribution >= 0.6 is 0 Å². The summed E-state index contributed by atoms with van der Waals surface area (Å²) in [7, 11) is 0. The van der Waals surface area contributed by atoms with Gasteiger partial charge in [0.15, 0.2) is 0 Å². The van der Waals surface area contributed by atoms with Crippen molar-refractivity contribution < 1.29 is 28.5 Å². The van der Waals surface area contributed by atoms with Gasteiger partial charge < -0.3 is 0 Å². The van der Waals surface area contributed by atoms with Gasteiger partial charge in [0.2, 0.25) is 0 Å². The molecule has 0 amide bonds. The Bertz CT molecular complexity index is 217. The molecular weight excluding hydrogens is 356 g/mol. The van der Waals surface area contributed by atoms with Crippen LogP contribution in [-0.2, 0) is 28.5 Å². The molecule has 0 saturated heterocycles. The minimum absolute atomic E-state index is 0.0254. The van der Waals surface area contributed by atoms with Gasteiger partial charge in [-0.15, -0.1) is 0 Å². The van der Waals surface area contributed by atoms with Crippen molar-refractivity contribution in [2.24, 2.45) is 10.8 Å². The number of hydrogen-bond acceptors (Lipinski definition) is 2. The first-order valence-electron chi connectivity index (χ1n) is 4.68. The Balaban J connectivity index is 4.74. The van der Waals surface area contributed by atoms with Crippen molar-refractivity contribution in [1.82, 2.24) is 0 Å².